The normalized spacial score (nSPS) is 39.1. The number of benzene rings is 1. The summed E-state index contributed by atoms with van der Waals surface area (Å²) in [7, 11) is 1.83. The fraction of sp³-hybridized carbons (Fsp3) is 0.720. The summed E-state index contributed by atoms with van der Waals surface area (Å²) in [5.41, 5.74) is -0.556. The van der Waals surface area contributed by atoms with E-state index in [0.717, 1.165) is 31.2 Å². The molecular formula is C25H33N3O6. The Hall–Kier alpha value is -2.71. The molecule has 1 saturated heterocycles. The fourth-order valence-electron chi connectivity index (χ4n) is 8.33. The van der Waals surface area contributed by atoms with Gasteiger partial charge >= 0.3 is 5.69 Å². The number of piperidine rings is 1. The van der Waals surface area contributed by atoms with Crippen molar-refractivity contribution in [1.29, 1.82) is 0 Å². The first-order chi connectivity index (χ1) is 16.0. The molecule has 1 aromatic rings. The maximum Gasteiger partial charge on any atom is 0.317 e. The second-order valence-corrected chi connectivity index (χ2v) is 11.5. The first kappa shape index (κ1) is 23.1. The number of carbonyl (C=O) groups is 1. The molecular weight excluding hydrogens is 438 g/mol. The average Bonchev–Trinajstić information content (AvgIpc) is 3.19. The summed E-state index contributed by atoms with van der Waals surface area (Å²) in [6.45, 7) is 4.75. The van der Waals surface area contributed by atoms with Gasteiger partial charge in [0.25, 0.3) is 11.6 Å². The van der Waals surface area contributed by atoms with E-state index >= 15 is 0 Å². The van der Waals surface area contributed by atoms with Crippen LogP contribution in [0.15, 0.2) is 18.2 Å². The van der Waals surface area contributed by atoms with Crippen molar-refractivity contribution in [3.05, 3.63) is 38.4 Å². The first-order valence-electron chi connectivity index (χ1n) is 12.4. The van der Waals surface area contributed by atoms with Gasteiger partial charge in [0.2, 0.25) is 0 Å². The van der Waals surface area contributed by atoms with Gasteiger partial charge in [0.15, 0.2) is 11.9 Å². The van der Waals surface area contributed by atoms with E-state index in [-0.39, 0.29) is 28.8 Å². The third kappa shape index (κ3) is 3.38. The lowest BCUT2D eigenvalue weighted by Crippen LogP contribution is -2.65. The Morgan fingerprint density at radius 1 is 1.03 bits per heavy atom. The molecule has 0 bridgehead atoms. The van der Waals surface area contributed by atoms with Crippen LogP contribution >= 0.6 is 0 Å². The number of nitro groups is 2. The second-order valence-electron chi connectivity index (χ2n) is 11.5. The summed E-state index contributed by atoms with van der Waals surface area (Å²) in [5, 5.41) is 22.7. The molecule has 0 aromatic heterocycles. The number of rotatable bonds is 4. The number of amides is 1. The van der Waals surface area contributed by atoms with Gasteiger partial charge in [-0.2, -0.15) is 0 Å². The average molecular weight is 472 g/mol. The maximum atomic E-state index is 13.3. The monoisotopic (exact) mass is 471 g/mol. The fourth-order valence-corrected chi connectivity index (χ4v) is 8.33. The van der Waals surface area contributed by atoms with Gasteiger partial charge in [-0.15, -0.1) is 0 Å². The Morgan fingerprint density at radius 2 is 1.79 bits per heavy atom. The molecule has 9 nitrogen and oxygen atoms in total. The van der Waals surface area contributed by atoms with E-state index in [9.17, 15) is 25.0 Å². The summed E-state index contributed by atoms with van der Waals surface area (Å²) in [4.78, 5) is 36.4. The van der Waals surface area contributed by atoms with E-state index < -0.39 is 21.6 Å². The number of fused-ring (bicyclic) bond motifs is 5. The zero-order valence-corrected chi connectivity index (χ0v) is 20.1. The van der Waals surface area contributed by atoms with Crippen molar-refractivity contribution in [3.8, 4) is 5.75 Å². The second kappa shape index (κ2) is 7.92. The Morgan fingerprint density at radius 3 is 2.50 bits per heavy atom. The molecule has 1 aliphatic heterocycles. The minimum atomic E-state index is -0.845. The van der Waals surface area contributed by atoms with Crippen LogP contribution in [0.4, 0.5) is 11.4 Å². The maximum absolute atomic E-state index is 13.3. The molecule has 4 aliphatic rings. The van der Waals surface area contributed by atoms with Crippen LogP contribution in [0.2, 0.25) is 0 Å². The van der Waals surface area contributed by atoms with Crippen LogP contribution in [0.5, 0.6) is 5.75 Å². The van der Waals surface area contributed by atoms with E-state index in [4.69, 9.17) is 4.74 Å². The number of nitrogens with zero attached hydrogens (tertiary/aromatic N) is 3. The van der Waals surface area contributed by atoms with E-state index in [1.807, 2.05) is 11.9 Å². The van der Waals surface area contributed by atoms with E-state index in [2.05, 4.69) is 13.8 Å². The molecule has 1 heterocycles. The summed E-state index contributed by atoms with van der Waals surface area (Å²) >= 11 is 0. The van der Waals surface area contributed by atoms with Crippen molar-refractivity contribution < 1.29 is 19.4 Å². The van der Waals surface area contributed by atoms with Crippen LogP contribution in [-0.4, -0.2) is 39.8 Å². The van der Waals surface area contributed by atoms with Crippen molar-refractivity contribution in [1.82, 2.24) is 4.90 Å². The largest absolute Gasteiger partial charge is 0.473 e. The van der Waals surface area contributed by atoms with Gasteiger partial charge in [0.05, 0.1) is 15.9 Å². The first-order valence-corrected chi connectivity index (χ1v) is 12.4. The Bertz CT molecular complexity index is 1050. The zero-order chi connectivity index (χ0) is 24.4. The molecule has 0 N–H and O–H groups in total. The van der Waals surface area contributed by atoms with Gasteiger partial charge in [-0.1, -0.05) is 20.3 Å². The highest BCUT2D eigenvalue weighted by molar-refractivity contribution is 5.83. The lowest BCUT2D eigenvalue weighted by atomic mass is 9.47. The van der Waals surface area contributed by atoms with E-state index in [1.165, 1.54) is 37.8 Å². The van der Waals surface area contributed by atoms with Crippen molar-refractivity contribution in [3.63, 3.8) is 0 Å². The molecule has 1 amide bonds. The topological polar surface area (TPSA) is 116 Å². The molecule has 1 unspecified atom stereocenters. The van der Waals surface area contributed by atoms with Crippen LogP contribution in [0.25, 0.3) is 0 Å². The minimum Gasteiger partial charge on any atom is -0.473 e. The number of hydrogen-bond acceptors (Lipinski definition) is 6. The smallest absolute Gasteiger partial charge is 0.317 e. The Balaban J connectivity index is 1.45. The minimum absolute atomic E-state index is 0.0937. The molecule has 184 valence electrons. The molecule has 5 rings (SSSR count). The molecule has 34 heavy (non-hydrogen) atoms. The molecule has 7 atom stereocenters. The van der Waals surface area contributed by atoms with Crippen LogP contribution in [-0.2, 0) is 4.79 Å². The number of hydrogen-bond donors (Lipinski definition) is 0. The van der Waals surface area contributed by atoms with Crippen molar-refractivity contribution in [2.24, 2.45) is 28.6 Å². The van der Waals surface area contributed by atoms with Crippen LogP contribution < -0.4 is 4.74 Å². The number of nitro benzene ring substituents is 2. The van der Waals surface area contributed by atoms with Gasteiger partial charge in [0, 0.05) is 25.6 Å². The number of likely N-dealkylation sites (tertiary alicyclic amines) is 1. The molecule has 0 spiro atoms. The highest BCUT2D eigenvalue weighted by Gasteiger charge is 2.61. The predicted molar refractivity (Wildman–Crippen MR) is 124 cm³/mol. The summed E-state index contributed by atoms with van der Waals surface area (Å²) < 4.78 is 6.01. The van der Waals surface area contributed by atoms with Gasteiger partial charge in [-0.05, 0) is 73.2 Å². The highest BCUT2D eigenvalue weighted by Crippen LogP contribution is 2.64. The molecule has 0 radical (unpaired) electrons. The van der Waals surface area contributed by atoms with Crippen molar-refractivity contribution >= 4 is 17.3 Å². The number of non-ortho nitro benzene ring substituents is 1. The molecule has 4 fully saturated rings. The summed E-state index contributed by atoms with van der Waals surface area (Å²) in [5.74, 6) is 1.62. The third-order valence-electron chi connectivity index (χ3n) is 9.94. The van der Waals surface area contributed by atoms with Gasteiger partial charge < -0.3 is 9.64 Å². The quantitative estimate of drug-likeness (QED) is 0.445. The number of likely N-dealkylation sites (N-methyl/N-ethyl adjacent to an activating group) is 1. The number of ether oxygens (including phenoxy) is 1. The molecule has 1 aromatic carbocycles. The van der Waals surface area contributed by atoms with Crippen molar-refractivity contribution in [2.75, 3.05) is 7.05 Å². The van der Waals surface area contributed by atoms with Gasteiger partial charge in [0.1, 0.15) is 0 Å². The van der Waals surface area contributed by atoms with Crippen LogP contribution in [0.3, 0.4) is 0 Å². The Kier molecular flexibility index (Phi) is 5.37. The molecule has 3 saturated carbocycles. The van der Waals surface area contributed by atoms with Crippen molar-refractivity contribution in [2.45, 2.75) is 77.4 Å². The van der Waals surface area contributed by atoms with E-state index in [0.29, 0.717) is 23.7 Å². The lowest BCUT2D eigenvalue weighted by Gasteiger charge is -2.62. The SMILES string of the molecule is CN1C(=O)C(Oc2ccc([N+](=O)[O-])cc2[N+](=O)[O-])C[C@]2(C)[C@H]3CC[C@]4(C)CCC[C@H]4[C@@H]3CC[C@@H]12. The lowest BCUT2D eigenvalue weighted by molar-refractivity contribution is -0.394. The zero-order valence-electron chi connectivity index (χ0n) is 20.1. The standard InChI is InChI=1S/C25H33N3O6/c1-24-11-4-5-17(24)16-7-9-22-25(2,18(16)10-12-24)14-21(23(29)26(22)3)34-20-8-6-15(27(30)31)13-19(20)28(32)33/h6,8,13,16-18,21-22H,4-5,7,9-12,14H2,1-3H3/t16-,17-,18-,21?,22+,24-,25+/m0/s1. The van der Waals surface area contributed by atoms with Gasteiger partial charge in [-0.3, -0.25) is 25.0 Å². The molecule has 9 heteroatoms. The summed E-state index contributed by atoms with van der Waals surface area (Å²) in [6.07, 6.45) is 8.09. The predicted octanol–water partition coefficient (Wildman–Crippen LogP) is 5.11. The van der Waals surface area contributed by atoms with Gasteiger partial charge in [-0.25, -0.2) is 0 Å². The van der Waals surface area contributed by atoms with Crippen LogP contribution in [0, 0.1) is 48.8 Å². The highest BCUT2D eigenvalue weighted by atomic mass is 16.6. The van der Waals surface area contributed by atoms with E-state index in [1.54, 1.807) is 0 Å². The summed E-state index contributed by atoms with van der Waals surface area (Å²) in [6, 6.07) is 3.46. The van der Waals surface area contributed by atoms with Crippen LogP contribution in [0.1, 0.15) is 65.2 Å². The number of carbonyl (C=O) groups excluding carboxylic acids is 1. The third-order valence-corrected chi connectivity index (χ3v) is 9.94. The molecule has 3 aliphatic carbocycles. The Labute approximate surface area is 199 Å².